The zero-order valence-electron chi connectivity index (χ0n) is 8.20. The van der Waals surface area contributed by atoms with Gasteiger partial charge in [-0.3, -0.25) is 0 Å². The molecule has 0 fully saturated rings. The van der Waals surface area contributed by atoms with Crippen LogP contribution >= 0.6 is 0 Å². The Morgan fingerprint density at radius 1 is 0.857 bits per heavy atom. The first-order valence-corrected chi connectivity index (χ1v) is 4.68. The maximum atomic E-state index is 5.63. The highest BCUT2D eigenvalue weighted by atomic mass is 14.5. The van der Waals surface area contributed by atoms with E-state index in [1.54, 1.807) is 0 Å². The van der Waals surface area contributed by atoms with E-state index in [4.69, 9.17) is 5.73 Å². The first kappa shape index (κ1) is 8.82. The van der Waals surface area contributed by atoms with Crippen molar-refractivity contribution >= 4 is 5.69 Å². The Kier molecular flexibility index (Phi) is 2.23. The van der Waals surface area contributed by atoms with E-state index in [2.05, 4.69) is 31.2 Å². The summed E-state index contributed by atoms with van der Waals surface area (Å²) in [6.45, 7) is 2.10. The molecular formula is C13H13N. The van der Waals surface area contributed by atoms with Crippen LogP contribution in [0.4, 0.5) is 5.69 Å². The zero-order valence-corrected chi connectivity index (χ0v) is 8.20. The van der Waals surface area contributed by atoms with Gasteiger partial charge in [-0.15, -0.1) is 0 Å². The first-order chi connectivity index (χ1) is 6.75. The Balaban J connectivity index is 2.44. The van der Waals surface area contributed by atoms with E-state index in [-0.39, 0.29) is 0 Å². The molecular weight excluding hydrogens is 170 g/mol. The quantitative estimate of drug-likeness (QED) is 0.675. The van der Waals surface area contributed by atoms with Crippen LogP contribution in [0.1, 0.15) is 5.56 Å². The van der Waals surface area contributed by atoms with Gasteiger partial charge in [0.2, 0.25) is 0 Å². The number of rotatable bonds is 1. The Hall–Kier alpha value is -1.76. The Bertz CT molecular complexity index is 429. The van der Waals surface area contributed by atoms with Crippen LogP contribution in [0.2, 0.25) is 0 Å². The van der Waals surface area contributed by atoms with Gasteiger partial charge in [0.25, 0.3) is 0 Å². The lowest BCUT2D eigenvalue weighted by molar-refractivity contribution is 1.47. The molecule has 0 bridgehead atoms. The van der Waals surface area contributed by atoms with Crippen molar-refractivity contribution in [1.82, 2.24) is 0 Å². The van der Waals surface area contributed by atoms with E-state index in [9.17, 15) is 0 Å². The molecule has 0 atom stereocenters. The van der Waals surface area contributed by atoms with Crippen molar-refractivity contribution in [2.24, 2.45) is 0 Å². The van der Waals surface area contributed by atoms with Gasteiger partial charge in [0, 0.05) is 5.69 Å². The third-order valence-corrected chi connectivity index (χ3v) is 2.26. The van der Waals surface area contributed by atoms with Crippen LogP contribution in [-0.2, 0) is 0 Å². The summed E-state index contributed by atoms with van der Waals surface area (Å²) in [7, 11) is 0. The Morgan fingerprint density at radius 3 is 2.21 bits per heavy atom. The van der Waals surface area contributed by atoms with E-state index in [1.165, 1.54) is 16.7 Å². The van der Waals surface area contributed by atoms with Crippen molar-refractivity contribution in [1.29, 1.82) is 0 Å². The number of nitrogen functional groups attached to an aromatic ring is 1. The summed E-state index contributed by atoms with van der Waals surface area (Å²) >= 11 is 0. The monoisotopic (exact) mass is 183 g/mol. The fourth-order valence-corrected chi connectivity index (χ4v) is 1.50. The number of aryl methyl sites for hydroxylation is 1. The molecule has 0 aliphatic carbocycles. The molecule has 14 heavy (non-hydrogen) atoms. The van der Waals surface area contributed by atoms with Crippen molar-refractivity contribution in [2.75, 3.05) is 5.73 Å². The average Bonchev–Trinajstić information content (AvgIpc) is 2.19. The third-order valence-electron chi connectivity index (χ3n) is 2.26. The molecule has 2 N–H and O–H groups in total. The van der Waals surface area contributed by atoms with Gasteiger partial charge in [-0.1, -0.05) is 42.0 Å². The minimum Gasteiger partial charge on any atom is -0.399 e. The second-order valence-electron chi connectivity index (χ2n) is 3.49. The molecule has 2 rings (SSSR count). The van der Waals surface area contributed by atoms with Crippen molar-refractivity contribution in [3.63, 3.8) is 0 Å². The molecule has 0 aliphatic heterocycles. The smallest absolute Gasteiger partial charge is 0.0314 e. The topological polar surface area (TPSA) is 26.0 Å². The fraction of sp³-hybridized carbons (Fsp3) is 0.0769. The molecule has 0 aliphatic rings. The number of benzene rings is 2. The van der Waals surface area contributed by atoms with Gasteiger partial charge in [-0.2, -0.15) is 0 Å². The highest BCUT2D eigenvalue weighted by molar-refractivity contribution is 5.65. The minimum atomic E-state index is 0.807. The van der Waals surface area contributed by atoms with Crippen molar-refractivity contribution in [2.45, 2.75) is 6.92 Å². The van der Waals surface area contributed by atoms with Gasteiger partial charge < -0.3 is 5.73 Å². The summed E-state index contributed by atoms with van der Waals surface area (Å²) in [5.74, 6) is 0. The van der Waals surface area contributed by atoms with Gasteiger partial charge in [-0.25, -0.2) is 0 Å². The van der Waals surface area contributed by atoms with Crippen LogP contribution < -0.4 is 5.73 Å². The lowest BCUT2D eigenvalue weighted by atomic mass is 10.0. The van der Waals surface area contributed by atoms with Crippen LogP contribution in [0.5, 0.6) is 0 Å². The predicted octanol–water partition coefficient (Wildman–Crippen LogP) is 3.24. The van der Waals surface area contributed by atoms with Crippen LogP contribution in [0.15, 0.2) is 48.5 Å². The van der Waals surface area contributed by atoms with Gasteiger partial charge in [0.05, 0.1) is 0 Å². The van der Waals surface area contributed by atoms with Gasteiger partial charge in [0.1, 0.15) is 0 Å². The highest BCUT2D eigenvalue weighted by Gasteiger charge is 1.96. The van der Waals surface area contributed by atoms with E-state index < -0.39 is 0 Å². The fourth-order valence-electron chi connectivity index (χ4n) is 1.50. The Labute approximate surface area is 84.2 Å². The van der Waals surface area contributed by atoms with Crippen molar-refractivity contribution in [3.05, 3.63) is 54.1 Å². The lowest BCUT2D eigenvalue weighted by Gasteiger charge is -2.02. The predicted molar refractivity (Wildman–Crippen MR) is 61.0 cm³/mol. The molecule has 2 aromatic rings. The van der Waals surface area contributed by atoms with Gasteiger partial charge >= 0.3 is 0 Å². The second kappa shape index (κ2) is 3.54. The van der Waals surface area contributed by atoms with E-state index in [1.807, 2.05) is 24.3 Å². The molecule has 0 saturated carbocycles. The molecule has 0 spiro atoms. The first-order valence-electron chi connectivity index (χ1n) is 4.68. The standard InChI is InChI=1S/C13H13N/c1-10-3-2-4-12(9-10)11-5-7-13(14)8-6-11/h2-9H,14H2,1H3. The molecule has 0 aromatic heterocycles. The highest BCUT2D eigenvalue weighted by Crippen LogP contribution is 2.21. The number of hydrogen-bond donors (Lipinski definition) is 1. The van der Waals surface area contributed by atoms with E-state index in [0.29, 0.717) is 0 Å². The summed E-state index contributed by atoms with van der Waals surface area (Å²) in [6.07, 6.45) is 0. The van der Waals surface area contributed by atoms with Crippen LogP contribution in [0.3, 0.4) is 0 Å². The molecule has 0 saturated heterocycles. The van der Waals surface area contributed by atoms with Crippen molar-refractivity contribution in [3.8, 4) is 11.1 Å². The second-order valence-corrected chi connectivity index (χ2v) is 3.49. The molecule has 0 heterocycles. The zero-order chi connectivity index (χ0) is 9.97. The maximum Gasteiger partial charge on any atom is 0.0314 e. The van der Waals surface area contributed by atoms with Crippen molar-refractivity contribution < 1.29 is 0 Å². The van der Waals surface area contributed by atoms with Crippen LogP contribution in [0, 0.1) is 6.92 Å². The summed E-state index contributed by atoms with van der Waals surface area (Å²) in [5.41, 5.74) is 10.2. The largest absolute Gasteiger partial charge is 0.399 e. The minimum absolute atomic E-state index is 0.807. The molecule has 0 amide bonds. The molecule has 1 nitrogen and oxygen atoms in total. The summed E-state index contributed by atoms with van der Waals surface area (Å²) in [5, 5.41) is 0. The maximum absolute atomic E-state index is 5.63. The lowest BCUT2D eigenvalue weighted by Crippen LogP contribution is -1.84. The normalized spacial score (nSPS) is 10.1. The number of nitrogens with two attached hydrogens (primary N) is 1. The SMILES string of the molecule is Cc1cccc(-c2ccc(N)cc2)c1. The van der Waals surface area contributed by atoms with Crippen LogP contribution in [-0.4, -0.2) is 0 Å². The molecule has 0 radical (unpaired) electrons. The van der Waals surface area contributed by atoms with Gasteiger partial charge in [0.15, 0.2) is 0 Å². The molecule has 0 unspecified atom stereocenters. The summed E-state index contributed by atoms with van der Waals surface area (Å²) in [4.78, 5) is 0. The van der Waals surface area contributed by atoms with E-state index in [0.717, 1.165) is 5.69 Å². The van der Waals surface area contributed by atoms with E-state index >= 15 is 0 Å². The summed E-state index contributed by atoms with van der Waals surface area (Å²) < 4.78 is 0. The third kappa shape index (κ3) is 1.77. The number of hydrogen-bond acceptors (Lipinski definition) is 1. The molecule has 70 valence electrons. The summed E-state index contributed by atoms with van der Waals surface area (Å²) in [6, 6.07) is 16.4. The number of anilines is 1. The Morgan fingerprint density at radius 2 is 1.57 bits per heavy atom. The van der Waals surface area contributed by atoms with Gasteiger partial charge in [-0.05, 0) is 30.2 Å². The van der Waals surface area contributed by atoms with Crippen LogP contribution in [0.25, 0.3) is 11.1 Å². The average molecular weight is 183 g/mol. The molecule has 1 heteroatoms. The molecule has 2 aromatic carbocycles.